The molecule has 1 aliphatic rings. The zero-order valence-electron chi connectivity index (χ0n) is 13.5. The summed E-state index contributed by atoms with van der Waals surface area (Å²) in [6, 6.07) is 16.5. The van der Waals surface area contributed by atoms with Crippen LogP contribution >= 0.6 is 0 Å². The summed E-state index contributed by atoms with van der Waals surface area (Å²) in [5, 5.41) is 9.00. The fraction of sp³-hybridized carbons (Fsp3) is 0.278. The molecule has 0 unspecified atom stereocenters. The van der Waals surface area contributed by atoms with Crippen molar-refractivity contribution in [2.24, 2.45) is 0 Å². The number of hydrogen-bond acceptors (Lipinski definition) is 4. The fourth-order valence-electron chi connectivity index (χ4n) is 2.88. The van der Waals surface area contributed by atoms with Crippen LogP contribution in [0.5, 0.6) is 0 Å². The maximum Gasteiger partial charge on any atom is 0.243 e. The Kier molecular flexibility index (Phi) is 4.56. The number of benzene rings is 2. The molecule has 2 aromatic rings. The van der Waals surface area contributed by atoms with Crippen LogP contribution in [0.15, 0.2) is 53.4 Å². The van der Waals surface area contributed by atoms with Crippen molar-refractivity contribution < 1.29 is 8.42 Å². The number of sulfonamides is 1. The van der Waals surface area contributed by atoms with Crippen LogP contribution in [-0.2, 0) is 10.0 Å². The van der Waals surface area contributed by atoms with E-state index in [9.17, 15) is 8.42 Å². The van der Waals surface area contributed by atoms with Crippen LogP contribution in [0.3, 0.4) is 0 Å². The molecule has 1 saturated heterocycles. The molecule has 6 heteroatoms. The predicted molar refractivity (Wildman–Crippen MR) is 93.3 cm³/mol. The summed E-state index contributed by atoms with van der Waals surface area (Å²) < 4.78 is 27.0. The summed E-state index contributed by atoms with van der Waals surface area (Å²) in [4.78, 5) is 2.46. The van der Waals surface area contributed by atoms with E-state index in [1.807, 2.05) is 31.2 Å². The summed E-state index contributed by atoms with van der Waals surface area (Å²) in [6.07, 6.45) is 0. The third-order valence-corrected chi connectivity index (χ3v) is 6.10. The highest BCUT2D eigenvalue weighted by molar-refractivity contribution is 7.89. The lowest BCUT2D eigenvalue weighted by atomic mass is 10.2. The van der Waals surface area contributed by atoms with Gasteiger partial charge in [-0.05, 0) is 42.8 Å². The van der Waals surface area contributed by atoms with Gasteiger partial charge in [0.15, 0.2) is 0 Å². The standard InChI is InChI=1S/C18H19N3O2S/c1-15-4-2-7-18(12-15)24(22,23)21-10-8-20(9-11-21)17-6-3-5-16(13-17)14-19/h2-7,12-13H,8-11H2,1H3. The molecule has 0 atom stereocenters. The molecular weight excluding hydrogens is 322 g/mol. The number of nitriles is 1. The van der Waals surface area contributed by atoms with Gasteiger partial charge in [0.2, 0.25) is 10.0 Å². The number of piperazine rings is 1. The van der Waals surface area contributed by atoms with Gasteiger partial charge in [-0.3, -0.25) is 0 Å². The molecule has 0 amide bonds. The van der Waals surface area contributed by atoms with E-state index in [4.69, 9.17) is 5.26 Å². The number of rotatable bonds is 3. The highest BCUT2D eigenvalue weighted by Crippen LogP contribution is 2.22. The molecule has 24 heavy (non-hydrogen) atoms. The van der Waals surface area contributed by atoms with E-state index in [0.717, 1.165) is 11.3 Å². The Bertz CT molecular complexity index is 879. The lowest BCUT2D eigenvalue weighted by Crippen LogP contribution is -2.48. The lowest BCUT2D eigenvalue weighted by Gasteiger charge is -2.35. The molecule has 0 N–H and O–H groups in total. The predicted octanol–water partition coefficient (Wildman–Crippen LogP) is 2.38. The molecule has 0 saturated carbocycles. The first kappa shape index (κ1) is 16.5. The van der Waals surface area contributed by atoms with Crippen molar-refractivity contribution in [3.63, 3.8) is 0 Å². The Hall–Kier alpha value is -2.36. The molecule has 1 fully saturated rings. The minimum Gasteiger partial charge on any atom is -0.369 e. The van der Waals surface area contributed by atoms with Crippen molar-refractivity contribution in [3.05, 3.63) is 59.7 Å². The van der Waals surface area contributed by atoms with Crippen LogP contribution in [0.25, 0.3) is 0 Å². The van der Waals surface area contributed by atoms with E-state index in [-0.39, 0.29) is 0 Å². The minimum absolute atomic E-state index is 0.349. The number of anilines is 1. The molecule has 2 aromatic carbocycles. The average Bonchev–Trinajstić information content (AvgIpc) is 2.62. The molecule has 5 nitrogen and oxygen atoms in total. The van der Waals surface area contributed by atoms with E-state index in [2.05, 4.69) is 11.0 Å². The monoisotopic (exact) mass is 341 g/mol. The van der Waals surface area contributed by atoms with Crippen LogP contribution in [0.1, 0.15) is 11.1 Å². The molecule has 1 heterocycles. The third kappa shape index (κ3) is 3.28. The summed E-state index contributed by atoms with van der Waals surface area (Å²) in [7, 11) is -3.45. The summed E-state index contributed by atoms with van der Waals surface area (Å²) in [5.41, 5.74) is 2.51. The Balaban J connectivity index is 1.74. The van der Waals surface area contributed by atoms with Gasteiger partial charge >= 0.3 is 0 Å². The van der Waals surface area contributed by atoms with Gasteiger partial charge in [-0.25, -0.2) is 8.42 Å². The molecular formula is C18H19N3O2S. The van der Waals surface area contributed by atoms with Crippen molar-refractivity contribution >= 4 is 15.7 Å². The SMILES string of the molecule is Cc1cccc(S(=O)(=O)N2CCN(c3cccc(C#N)c3)CC2)c1. The summed E-state index contributed by atoms with van der Waals surface area (Å²) in [5.74, 6) is 0. The third-order valence-electron chi connectivity index (χ3n) is 4.21. The van der Waals surface area contributed by atoms with Crippen LogP contribution in [0.4, 0.5) is 5.69 Å². The lowest BCUT2D eigenvalue weighted by molar-refractivity contribution is 0.385. The van der Waals surface area contributed by atoms with Crippen LogP contribution in [0, 0.1) is 18.3 Å². The maximum absolute atomic E-state index is 12.7. The molecule has 0 bridgehead atoms. The van der Waals surface area contributed by atoms with Gasteiger partial charge in [-0.15, -0.1) is 0 Å². The van der Waals surface area contributed by atoms with Crippen molar-refractivity contribution in [1.82, 2.24) is 4.31 Å². The second-order valence-electron chi connectivity index (χ2n) is 5.87. The number of hydrogen-bond donors (Lipinski definition) is 0. The van der Waals surface area contributed by atoms with E-state index >= 15 is 0 Å². The number of nitrogens with zero attached hydrogens (tertiary/aromatic N) is 3. The first-order chi connectivity index (χ1) is 11.5. The van der Waals surface area contributed by atoms with Gasteiger partial charge < -0.3 is 4.90 Å². The Morgan fingerprint density at radius 2 is 1.71 bits per heavy atom. The van der Waals surface area contributed by atoms with Crippen molar-refractivity contribution in [2.75, 3.05) is 31.1 Å². The number of aryl methyl sites for hydroxylation is 1. The van der Waals surface area contributed by atoms with Crippen LogP contribution in [-0.4, -0.2) is 38.9 Å². The van der Waals surface area contributed by atoms with Crippen molar-refractivity contribution in [3.8, 4) is 6.07 Å². The maximum atomic E-state index is 12.7. The largest absolute Gasteiger partial charge is 0.369 e. The minimum atomic E-state index is -3.45. The fourth-order valence-corrected chi connectivity index (χ4v) is 4.41. The smallest absolute Gasteiger partial charge is 0.243 e. The average molecular weight is 341 g/mol. The van der Waals surface area contributed by atoms with Gasteiger partial charge in [0.1, 0.15) is 0 Å². The molecule has 1 aliphatic heterocycles. The van der Waals surface area contributed by atoms with Gasteiger partial charge in [-0.1, -0.05) is 18.2 Å². The Labute approximate surface area is 142 Å². The van der Waals surface area contributed by atoms with Gasteiger partial charge in [0.25, 0.3) is 0 Å². The van der Waals surface area contributed by atoms with Crippen molar-refractivity contribution in [2.45, 2.75) is 11.8 Å². The zero-order chi connectivity index (χ0) is 17.2. The topological polar surface area (TPSA) is 64.4 Å². The van der Waals surface area contributed by atoms with Gasteiger partial charge in [0, 0.05) is 31.9 Å². The summed E-state index contributed by atoms with van der Waals surface area (Å²) >= 11 is 0. The summed E-state index contributed by atoms with van der Waals surface area (Å²) in [6.45, 7) is 3.99. The van der Waals surface area contributed by atoms with Crippen LogP contribution in [0.2, 0.25) is 0 Å². The Morgan fingerprint density at radius 1 is 1.00 bits per heavy atom. The van der Waals surface area contributed by atoms with E-state index < -0.39 is 10.0 Å². The van der Waals surface area contributed by atoms with Crippen LogP contribution < -0.4 is 4.90 Å². The Morgan fingerprint density at radius 3 is 2.38 bits per heavy atom. The molecule has 3 rings (SSSR count). The molecule has 0 aliphatic carbocycles. The highest BCUT2D eigenvalue weighted by Gasteiger charge is 2.28. The highest BCUT2D eigenvalue weighted by atomic mass is 32.2. The molecule has 0 spiro atoms. The first-order valence-electron chi connectivity index (χ1n) is 7.82. The second-order valence-corrected chi connectivity index (χ2v) is 7.81. The van der Waals surface area contributed by atoms with E-state index in [1.54, 1.807) is 24.3 Å². The van der Waals surface area contributed by atoms with E-state index in [0.29, 0.717) is 36.6 Å². The first-order valence-corrected chi connectivity index (χ1v) is 9.26. The zero-order valence-corrected chi connectivity index (χ0v) is 14.3. The molecule has 0 radical (unpaired) electrons. The molecule has 124 valence electrons. The van der Waals surface area contributed by atoms with Gasteiger partial charge in [0.05, 0.1) is 16.5 Å². The quantitative estimate of drug-likeness (QED) is 0.860. The van der Waals surface area contributed by atoms with E-state index in [1.165, 1.54) is 4.31 Å². The molecule has 0 aromatic heterocycles. The van der Waals surface area contributed by atoms with Crippen molar-refractivity contribution in [1.29, 1.82) is 5.26 Å². The van der Waals surface area contributed by atoms with Gasteiger partial charge in [-0.2, -0.15) is 9.57 Å². The second kappa shape index (κ2) is 6.63. The normalized spacial score (nSPS) is 15.9.